The van der Waals surface area contributed by atoms with E-state index in [4.69, 9.17) is 0 Å². The fourth-order valence-corrected chi connectivity index (χ4v) is 0.718. The van der Waals surface area contributed by atoms with Crippen LogP contribution in [0.5, 0.6) is 0 Å². The molecule has 0 heterocycles. The van der Waals surface area contributed by atoms with Crippen LogP contribution in [0.2, 0.25) is 0 Å². The largest absolute Gasteiger partial charge is 0.0911 e. The predicted molar refractivity (Wildman–Crippen MR) is 47.9 cm³/mol. The normalized spacial score (nSPS) is 15.9. The minimum absolute atomic E-state index is 0.557. The smallest absolute Gasteiger partial charge is 0.00789 e. The zero-order chi connectivity index (χ0) is 7.82. The molecule has 0 rings (SSSR count). The Bertz CT molecular complexity index is 138. The Balaban J connectivity index is 3.65. The van der Waals surface area contributed by atoms with Crippen molar-refractivity contribution in [1.82, 2.24) is 0 Å². The highest BCUT2D eigenvalue weighted by Crippen LogP contribution is 1.98. The summed E-state index contributed by atoms with van der Waals surface area (Å²) >= 11 is 0. The highest BCUT2D eigenvalue weighted by atomic mass is 13.9. The van der Waals surface area contributed by atoms with E-state index in [-0.39, 0.29) is 0 Å². The van der Waals surface area contributed by atoms with Gasteiger partial charge in [0.05, 0.1) is 0 Å². The van der Waals surface area contributed by atoms with Gasteiger partial charge in [-0.1, -0.05) is 43.4 Å². The second-order valence-corrected chi connectivity index (χ2v) is 2.30. The Labute approximate surface area is 64.0 Å². The Morgan fingerprint density at radius 1 is 0.900 bits per heavy atom. The fourth-order valence-electron chi connectivity index (χ4n) is 0.718. The van der Waals surface area contributed by atoms with Crippen LogP contribution in [0, 0.1) is 5.92 Å². The van der Waals surface area contributed by atoms with Gasteiger partial charge in [-0.15, -0.1) is 0 Å². The molecule has 0 aromatic carbocycles. The number of rotatable bonds is 3. The summed E-state index contributed by atoms with van der Waals surface area (Å²) in [6, 6.07) is 0. The second-order valence-electron chi connectivity index (χ2n) is 2.30. The summed E-state index contributed by atoms with van der Waals surface area (Å²) in [6.07, 6.45) is 12.5. The molecule has 0 amide bonds. The third-order valence-electron chi connectivity index (χ3n) is 1.21. The minimum atomic E-state index is 0.557. The quantitative estimate of drug-likeness (QED) is 0.412. The molecule has 1 unspecified atom stereocenters. The van der Waals surface area contributed by atoms with Gasteiger partial charge < -0.3 is 0 Å². The first-order chi connectivity index (χ1) is 4.81. The van der Waals surface area contributed by atoms with E-state index in [1.54, 1.807) is 0 Å². The Kier molecular flexibility index (Phi) is 5.85. The Morgan fingerprint density at radius 2 is 1.60 bits per heavy atom. The minimum Gasteiger partial charge on any atom is -0.0911 e. The summed E-state index contributed by atoms with van der Waals surface area (Å²) in [5.41, 5.74) is 0. The molecule has 0 bridgehead atoms. The SMILES string of the molecule is C/C=C\C(C)C=C/C=C/C. The molecule has 0 heteroatoms. The van der Waals surface area contributed by atoms with Gasteiger partial charge in [-0.25, -0.2) is 0 Å². The van der Waals surface area contributed by atoms with E-state index in [1.807, 2.05) is 26.0 Å². The van der Waals surface area contributed by atoms with Gasteiger partial charge in [-0.2, -0.15) is 0 Å². The van der Waals surface area contributed by atoms with Gasteiger partial charge in [0.15, 0.2) is 0 Å². The molecule has 0 aliphatic heterocycles. The Morgan fingerprint density at radius 3 is 2.10 bits per heavy atom. The lowest BCUT2D eigenvalue weighted by molar-refractivity contribution is 0.937. The second kappa shape index (κ2) is 6.34. The molecule has 0 aliphatic rings. The molecule has 0 nitrogen and oxygen atoms in total. The van der Waals surface area contributed by atoms with Crippen LogP contribution in [-0.4, -0.2) is 0 Å². The highest BCUT2D eigenvalue weighted by molar-refractivity contribution is 5.06. The van der Waals surface area contributed by atoms with Crippen LogP contribution < -0.4 is 0 Å². The van der Waals surface area contributed by atoms with Crippen LogP contribution in [0.3, 0.4) is 0 Å². The Hall–Kier alpha value is -0.780. The maximum absolute atomic E-state index is 2.17. The van der Waals surface area contributed by atoms with E-state index >= 15 is 0 Å². The molecule has 0 saturated carbocycles. The first-order valence-corrected chi connectivity index (χ1v) is 3.73. The first kappa shape index (κ1) is 9.22. The van der Waals surface area contributed by atoms with Crippen molar-refractivity contribution in [2.75, 3.05) is 0 Å². The van der Waals surface area contributed by atoms with Crippen LogP contribution >= 0.6 is 0 Å². The van der Waals surface area contributed by atoms with Crippen molar-refractivity contribution in [2.45, 2.75) is 20.8 Å². The van der Waals surface area contributed by atoms with Gasteiger partial charge in [0, 0.05) is 0 Å². The summed E-state index contributed by atoms with van der Waals surface area (Å²) in [4.78, 5) is 0. The summed E-state index contributed by atoms with van der Waals surface area (Å²) in [5.74, 6) is 0.557. The molecule has 0 aromatic heterocycles. The monoisotopic (exact) mass is 136 g/mol. The molecule has 0 radical (unpaired) electrons. The zero-order valence-corrected chi connectivity index (χ0v) is 7.04. The highest BCUT2D eigenvalue weighted by Gasteiger charge is 1.83. The molecule has 0 spiro atoms. The molecule has 0 aromatic rings. The van der Waals surface area contributed by atoms with Gasteiger partial charge in [-0.05, 0) is 19.8 Å². The molecule has 56 valence electrons. The van der Waals surface area contributed by atoms with Crippen molar-refractivity contribution in [3.63, 3.8) is 0 Å². The van der Waals surface area contributed by atoms with E-state index < -0.39 is 0 Å². The summed E-state index contributed by atoms with van der Waals surface area (Å²) in [6.45, 7) is 6.23. The van der Waals surface area contributed by atoms with Gasteiger partial charge in [0.25, 0.3) is 0 Å². The van der Waals surface area contributed by atoms with E-state index in [0.717, 1.165) is 0 Å². The predicted octanol–water partition coefficient (Wildman–Crippen LogP) is 3.33. The van der Waals surface area contributed by atoms with Crippen LogP contribution in [0.1, 0.15) is 20.8 Å². The van der Waals surface area contributed by atoms with Crippen LogP contribution in [0.4, 0.5) is 0 Å². The molecular formula is C10H16. The van der Waals surface area contributed by atoms with Crippen molar-refractivity contribution >= 4 is 0 Å². The van der Waals surface area contributed by atoms with Crippen molar-refractivity contribution in [3.05, 3.63) is 36.5 Å². The lowest BCUT2D eigenvalue weighted by Crippen LogP contribution is -1.79. The van der Waals surface area contributed by atoms with Crippen LogP contribution in [0.15, 0.2) is 36.5 Å². The van der Waals surface area contributed by atoms with E-state index in [2.05, 4.69) is 31.2 Å². The average Bonchev–Trinajstić information content (AvgIpc) is 1.89. The van der Waals surface area contributed by atoms with Gasteiger partial charge in [0.1, 0.15) is 0 Å². The average molecular weight is 136 g/mol. The third-order valence-corrected chi connectivity index (χ3v) is 1.21. The van der Waals surface area contributed by atoms with E-state index in [9.17, 15) is 0 Å². The van der Waals surface area contributed by atoms with Crippen LogP contribution in [0.25, 0.3) is 0 Å². The maximum atomic E-state index is 2.17. The number of hydrogen-bond donors (Lipinski definition) is 0. The van der Waals surface area contributed by atoms with Gasteiger partial charge in [-0.3, -0.25) is 0 Å². The zero-order valence-electron chi connectivity index (χ0n) is 7.04. The maximum Gasteiger partial charge on any atom is -0.00789 e. The molecule has 10 heavy (non-hydrogen) atoms. The topological polar surface area (TPSA) is 0 Å². The van der Waals surface area contributed by atoms with Crippen molar-refractivity contribution in [1.29, 1.82) is 0 Å². The number of allylic oxidation sites excluding steroid dienone is 6. The van der Waals surface area contributed by atoms with E-state index in [1.165, 1.54) is 0 Å². The molecule has 0 N–H and O–H groups in total. The molecule has 0 saturated heterocycles. The van der Waals surface area contributed by atoms with Crippen LogP contribution in [-0.2, 0) is 0 Å². The standard InChI is InChI=1S/C10H16/c1-4-6-7-9-10(3)8-5-2/h4-10H,1-3H3/b6-4+,8-5-,9-7?. The van der Waals surface area contributed by atoms with E-state index in [0.29, 0.717) is 5.92 Å². The first-order valence-electron chi connectivity index (χ1n) is 3.73. The third kappa shape index (κ3) is 5.36. The summed E-state index contributed by atoms with van der Waals surface area (Å²) < 4.78 is 0. The van der Waals surface area contributed by atoms with Crippen molar-refractivity contribution < 1.29 is 0 Å². The molecule has 0 aliphatic carbocycles. The van der Waals surface area contributed by atoms with Crippen molar-refractivity contribution in [2.24, 2.45) is 5.92 Å². The molecule has 1 atom stereocenters. The van der Waals surface area contributed by atoms with Crippen molar-refractivity contribution in [3.8, 4) is 0 Å². The molecule has 0 fully saturated rings. The molecular weight excluding hydrogens is 120 g/mol. The van der Waals surface area contributed by atoms with Gasteiger partial charge >= 0.3 is 0 Å². The summed E-state index contributed by atoms with van der Waals surface area (Å²) in [5, 5.41) is 0. The lowest BCUT2D eigenvalue weighted by atomic mass is 10.1. The summed E-state index contributed by atoms with van der Waals surface area (Å²) in [7, 11) is 0. The lowest BCUT2D eigenvalue weighted by Gasteiger charge is -1.93. The fraction of sp³-hybridized carbons (Fsp3) is 0.400. The number of hydrogen-bond acceptors (Lipinski definition) is 0. The van der Waals surface area contributed by atoms with Gasteiger partial charge in [0.2, 0.25) is 0 Å².